The highest BCUT2D eigenvalue weighted by molar-refractivity contribution is 6.39. The minimum atomic E-state index is -0.747. The number of carbonyl (C=O) groups is 2. The molecule has 0 aliphatic carbocycles. The molecule has 1 aromatic carbocycles. The molecule has 132 valence electrons. The van der Waals surface area contributed by atoms with E-state index in [0.29, 0.717) is 43.5 Å². The standard InChI is InChI=1S/C16H23N3O5/c1-22-12-3-4-14(23-2)13(11-12)18-16(21)15(20)17-5-6-19-7-9-24-10-8-19/h3-4,11H,5-10H2,1-2H3,(H,17,20)(H,18,21). The number of morpholine rings is 1. The fraction of sp³-hybridized carbons (Fsp3) is 0.500. The Morgan fingerprint density at radius 2 is 1.92 bits per heavy atom. The summed E-state index contributed by atoms with van der Waals surface area (Å²) in [6.45, 7) is 4.16. The highest BCUT2D eigenvalue weighted by Crippen LogP contribution is 2.28. The molecule has 2 rings (SSSR count). The van der Waals surface area contributed by atoms with Gasteiger partial charge in [-0.25, -0.2) is 0 Å². The summed E-state index contributed by atoms with van der Waals surface area (Å²) >= 11 is 0. The summed E-state index contributed by atoms with van der Waals surface area (Å²) in [5.74, 6) is -0.430. The van der Waals surface area contributed by atoms with Crippen LogP contribution in [-0.2, 0) is 14.3 Å². The van der Waals surface area contributed by atoms with E-state index in [4.69, 9.17) is 14.2 Å². The number of ether oxygens (including phenoxy) is 3. The average Bonchev–Trinajstić information content (AvgIpc) is 2.62. The number of nitrogens with one attached hydrogen (secondary N) is 2. The smallest absolute Gasteiger partial charge is 0.313 e. The van der Waals surface area contributed by atoms with Gasteiger partial charge in [0.2, 0.25) is 0 Å². The average molecular weight is 337 g/mol. The predicted octanol–water partition coefficient (Wildman–Crippen LogP) is 0.0907. The van der Waals surface area contributed by atoms with E-state index < -0.39 is 11.8 Å². The van der Waals surface area contributed by atoms with Crippen molar-refractivity contribution in [3.05, 3.63) is 18.2 Å². The van der Waals surface area contributed by atoms with Gasteiger partial charge in [0.25, 0.3) is 0 Å². The van der Waals surface area contributed by atoms with Crippen molar-refractivity contribution in [2.45, 2.75) is 0 Å². The van der Waals surface area contributed by atoms with Gasteiger partial charge in [-0.3, -0.25) is 14.5 Å². The number of hydrogen-bond acceptors (Lipinski definition) is 6. The van der Waals surface area contributed by atoms with Crippen molar-refractivity contribution in [3.8, 4) is 11.5 Å². The number of methoxy groups -OCH3 is 2. The molecule has 0 bridgehead atoms. The maximum absolute atomic E-state index is 12.0. The Hall–Kier alpha value is -2.32. The van der Waals surface area contributed by atoms with E-state index in [-0.39, 0.29) is 0 Å². The molecule has 2 amide bonds. The lowest BCUT2D eigenvalue weighted by Gasteiger charge is -2.26. The summed E-state index contributed by atoms with van der Waals surface area (Å²) in [6.07, 6.45) is 0. The third kappa shape index (κ3) is 5.10. The number of rotatable bonds is 6. The van der Waals surface area contributed by atoms with Crippen molar-refractivity contribution in [1.29, 1.82) is 0 Å². The second-order valence-corrected chi connectivity index (χ2v) is 5.23. The minimum absolute atomic E-state index is 0.380. The molecule has 8 nitrogen and oxygen atoms in total. The monoisotopic (exact) mass is 337 g/mol. The topological polar surface area (TPSA) is 89.1 Å². The number of amides is 2. The summed E-state index contributed by atoms with van der Waals surface area (Å²) in [7, 11) is 3.01. The van der Waals surface area contributed by atoms with Gasteiger partial charge in [-0.15, -0.1) is 0 Å². The summed E-state index contributed by atoms with van der Waals surface area (Å²) < 4.78 is 15.5. The lowest BCUT2D eigenvalue weighted by atomic mass is 10.2. The van der Waals surface area contributed by atoms with Crippen LogP contribution in [0.1, 0.15) is 0 Å². The first-order valence-electron chi connectivity index (χ1n) is 7.75. The van der Waals surface area contributed by atoms with E-state index in [2.05, 4.69) is 15.5 Å². The third-order valence-electron chi connectivity index (χ3n) is 3.68. The predicted molar refractivity (Wildman–Crippen MR) is 88.4 cm³/mol. The SMILES string of the molecule is COc1ccc(OC)c(NC(=O)C(=O)NCCN2CCOCC2)c1. The van der Waals surface area contributed by atoms with Gasteiger partial charge >= 0.3 is 11.8 Å². The van der Waals surface area contributed by atoms with Crippen LogP contribution in [0, 0.1) is 0 Å². The molecule has 1 aliphatic heterocycles. The van der Waals surface area contributed by atoms with Gasteiger partial charge in [0.05, 0.1) is 33.1 Å². The van der Waals surface area contributed by atoms with Gasteiger partial charge < -0.3 is 24.8 Å². The fourth-order valence-electron chi connectivity index (χ4n) is 2.32. The van der Waals surface area contributed by atoms with Crippen LogP contribution in [0.5, 0.6) is 11.5 Å². The lowest BCUT2D eigenvalue weighted by Crippen LogP contribution is -2.43. The van der Waals surface area contributed by atoms with Crippen LogP contribution in [0.2, 0.25) is 0 Å². The highest BCUT2D eigenvalue weighted by atomic mass is 16.5. The third-order valence-corrected chi connectivity index (χ3v) is 3.68. The van der Waals surface area contributed by atoms with Crippen LogP contribution in [0.4, 0.5) is 5.69 Å². The Morgan fingerprint density at radius 1 is 1.17 bits per heavy atom. The fourth-order valence-corrected chi connectivity index (χ4v) is 2.32. The Kier molecular flexibility index (Phi) is 6.83. The highest BCUT2D eigenvalue weighted by Gasteiger charge is 2.17. The van der Waals surface area contributed by atoms with Crippen molar-refractivity contribution < 1.29 is 23.8 Å². The maximum Gasteiger partial charge on any atom is 0.313 e. The van der Waals surface area contributed by atoms with Gasteiger partial charge in [0.1, 0.15) is 11.5 Å². The first kappa shape index (κ1) is 18.0. The molecule has 24 heavy (non-hydrogen) atoms. The molecule has 8 heteroatoms. The van der Waals surface area contributed by atoms with Crippen molar-refractivity contribution >= 4 is 17.5 Å². The number of anilines is 1. The largest absolute Gasteiger partial charge is 0.497 e. The number of hydrogen-bond donors (Lipinski definition) is 2. The molecular formula is C16H23N3O5. The Balaban J connectivity index is 1.83. The maximum atomic E-state index is 12.0. The zero-order chi connectivity index (χ0) is 17.4. The van der Waals surface area contributed by atoms with Crippen LogP contribution in [0.25, 0.3) is 0 Å². The Bertz CT molecular complexity index is 573. The molecule has 2 N–H and O–H groups in total. The summed E-state index contributed by atoms with van der Waals surface area (Å²) in [5.41, 5.74) is 0.380. The first-order chi connectivity index (χ1) is 11.6. The quantitative estimate of drug-likeness (QED) is 0.715. The zero-order valence-corrected chi connectivity index (χ0v) is 14.0. The summed E-state index contributed by atoms with van der Waals surface area (Å²) in [6, 6.07) is 4.96. The zero-order valence-electron chi connectivity index (χ0n) is 14.0. The summed E-state index contributed by atoms with van der Waals surface area (Å²) in [4.78, 5) is 26.1. The van der Waals surface area contributed by atoms with E-state index >= 15 is 0 Å². The van der Waals surface area contributed by atoms with Crippen molar-refractivity contribution in [1.82, 2.24) is 10.2 Å². The van der Waals surface area contributed by atoms with Crippen LogP contribution < -0.4 is 20.1 Å². The Morgan fingerprint density at radius 3 is 2.58 bits per heavy atom. The lowest BCUT2D eigenvalue weighted by molar-refractivity contribution is -0.136. The number of benzene rings is 1. The molecule has 1 fully saturated rings. The second kappa shape index (κ2) is 9.09. The van der Waals surface area contributed by atoms with Gasteiger partial charge in [-0.05, 0) is 12.1 Å². The van der Waals surface area contributed by atoms with Crippen molar-refractivity contribution in [2.24, 2.45) is 0 Å². The van der Waals surface area contributed by atoms with Crippen LogP contribution in [0.3, 0.4) is 0 Å². The first-order valence-corrected chi connectivity index (χ1v) is 7.75. The molecule has 1 aliphatic rings. The Labute approximate surface area is 141 Å². The molecule has 0 unspecified atom stereocenters. The van der Waals surface area contributed by atoms with Crippen molar-refractivity contribution in [2.75, 3.05) is 58.9 Å². The molecule has 0 aromatic heterocycles. The van der Waals surface area contributed by atoms with Gasteiger partial charge in [-0.2, -0.15) is 0 Å². The summed E-state index contributed by atoms with van der Waals surface area (Å²) in [5, 5.41) is 5.15. The molecule has 1 aromatic rings. The number of carbonyl (C=O) groups excluding carboxylic acids is 2. The van der Waals surface area contributed by atoms with Crippen LogP contribution in [0.15, 0.2) is 18.2 Å². The minimum Gasteiger partial charge on any atom is -0.497 e. The molecule has 1 heterocycles. The molecule has 0 atom stereocenters. The van der Waals surface area contributed by atoms with E-state index in [9.17, 15) is 9.59 Å². The second-order valence-electron chi connectivity index (χ2n) is 5.23. The van der Waals surface area contributed by atoms with Gasteiger partial charge in [-0.1, -0.05) is 0 Å². The molecule has 0 spiro atoms. The molecule has 0 saturated carbocycles. The van der Waals surface area contributed by atoms with Crippen molar-refractivity contribution in [3.63, 3.8) is 0 Å². The van der Waals surface area contributed by atoms with Gasteiger partial charge in [0, 0.05) is 32.2 Å². The van der Waals surface area contributed by atoms with E-state index in [1.807, 2.05) is 0 Å². The van der Waals surface area contributed by atoms with E-state index in [0.717, 1.165) is 13.1 Å². The molecular weight excluding hydrogens is 314 g/mol. The van der Waals surface area contributed by atoms with Crippen LogP contribution >= 0.6 is 0 Å². The molecule has 1 saturated heterocycles. The van der Waals surface area contributed by atoms with Gasteiger partial charge in [0.15, 0.2) is 0 Å². The van der Waals surface area contributed by atoms with Crippen LogP contribution in [-0.4, -0.2) is 70.3 Å². The number of nitrogens with zero attached hydrogens (tertiary/aromatic N) is 1. The van der Waals surface area contributed by atoms with E-state index in [1.54, 1.807) is 18.2 Å². The normalized spacial score (nSPS) is 14.8. The molecule has 0 radical (unpaired) electrons. The van der Waals surface area contributed by atoms with E-state index in [1.165, 1.54) is 14.2 Å².